The molecule has 31 heavy (non-hydrogen) atoms. The lowest BCUT2D eigenvalue weighted by atomic mass is 9.81. The highest BCUT2D eigenvalue weighted by Gasteiger charge is 2.49. The van der Waals surface area contributed by atoms with Gasteiger partial charge >= 0.3 is 6.09 Å². The van der Waals surface area contributed by atoms with Crippen LogP contribution in [0.25, 0.3) is 0 Å². The van der Waals surface area contributed by atoms with Gasteiger partial charge in [-0.1, -0.05) is 0 Å². The van der Waals surface area contributed by atoms with Gasteiger partial charge in [-0.05, 0) is 43.9 Å². The van der Waals surface area contributed by atoms with Crippen molar-refractivity contribution in [3.05, 3.63) is 24.0 Å². The van der Waals surface area contributed by atoms with Crippen LogP contribution in [0, 0.1) is 17.2 Å². The van der Waals surface area contributed by atoms with E-state index in [9.17, 15) is 23.1 Å². The lowest BCUT2D eigenvalue weighted by Gasteiger charge is -2.58. The molecule has 5 rings (SSSR count). The Morgan fingerprint density at radius 3 is 2.58 bits per heavy atom. The molecule has 1 aliphatic carbocycles. The van der Waals surface area contributed by atoms with Gasteiger partial charge in [0.25, 0.3) is 0 Å². The maximum atomic E-state index is 14.9. The molecule has 1 aromatic rings. The number of rotatable bonds is 5. The number of hydrogen-bond donors (Lipinski definition) is 3. The number of nitrogens with one attached hydrogen (secondary N) is 1. The quantitative estimate of drug-likeness (QED) is 0.633. The predicted octanol–water partition coefficient (Wildman–Crippen LogP) is 3.03. The van der Waals surface area contributed by atoms with Crippen LogP contribution in [0.5, 0.6) is 0 Å². The monoisotopic (exact) mass is 453 g/mol. The average Bonchev–Trinajstić information content (AvgIpc) is 3.48. The number of anilines is 2. The summed E-state index contributed by atoms with van der Waals surface area (Å²) in [6, 6.07) is 4.76. The van der Waals surface area contributed by atoms with Gasteiger partial charge in [0.05, 0.1) is 24.5 Å². The van der Waals surface area contributed by atoms with Crippen LogP contribution in [-0.4, -0.2) is 64.9 Å². The fourth-order valence-electron chi connectivity index (χ4n) is 4.91. The van der Waals surface area contributed by atoms with Crippen molar-refractivity contribution in [3.63, 3.8) is 0 Å². The Labute approximate surface area is 182 Å². The third kappa shape index (κ3) is 4.20. The molecule has 4 fully saturated rings. The molecular weight excluding hydrogens is 425 g/mol. The first-order chi connectivity index (χ1) is 14.7. The largest absolute Gasteiger partial charge is 0.442 e. The normalized spacial score (nSPS) is 27.6. The Balaban J connectivity index is 1.19. The first kappa shape index (κ1) is 20.8. The minimum atomic E-state index is -2.38. The number of cyclic esters (lactones) is 1. The van der Waals surface area contributed by atoms with Crippen LogP contribution in [0.1, 0.15) is 25.7 Å². The zero-order valence-electron chi connectivity index (χ0n) is 17.3. The van der Waals surface area contributed by atoms with Crippen LogP contribution >= 0.6 is 10.6 Å². The van der Waals surface area contributed by atoms with Gasteiger partial charge in [0, 0.05) is 35.9 Å². The van der Waals surface area contributed by atoms with Crippen molar-refractivity contribution in [2.45, 2.75) is 31.8 Å². The summed E-state index contributed by atoms with van der Waals surface area (Å²) in [4.78, 5) is 27.4. The third-order valence-electron chi connectivity index (χ3n) is 6.81. The fraction of sp³-hybridized carbons (Fsp3) is 0.619. The Hall–Kier alpha value is -2.04. The van der Waals surface area contributed by atoms with Gasteiger partial charge in [-0.25, -0.2) is 9.18 Å². The van der Waals surface area contributed by atoms with E-state index >= 15 is 0 Å². The molecule has 1 atom stereocenters. The number of nitrogens with zero attached hydrogens (tertiary/aromatic N) is 2. The smallest absolute Gasteiger partial charge is 0.414 e. The van der Waals surface area contributed by atoms with E-state index in [-0.39, 0.29) is 30.3 Å². The molecule has 0 bridgehead atoms. The van der Waals surface area contributed by atoms with Gasteiger partial charge in [0.2, 0.25) is 5.91 Å². The summed E-state index contributed by atoms with van der Waals surface area (Å²) in [5.74, 6) is 0.633. The molecule has 10 heteroatoms. The summed E-state index contributed by atoms with van der Waals surface area (Å²) in [5, 5.41) is 2.81. The van der Waals surface area contributed by atoms with E-state index in [1.165, 1.54) is 11.0 Å². The lowest BCUT2D eigenvalue weighted by molar-refractivity contribution is -0.122. The van der Waals surface area contributed by atoms with E-state index in [4.69, 9.17) is 4.74 Å². The Morgan fingerprint density at radius 1 is 1.26 bits per heavy atom. The van der Waals surface area contributed by atoms with E-state index in [0.717, 1.165) is 25.7 Å². The molecule has 0 radical (unpaired) electrons. The minimum Gasteiger partial charge on any atom is -0.442 e. The van der Waals surface area contributed by atoms with Gasteiger partial charge < -0.3 is 15.0 Å². The number of ether oxygens (including phenoxy) is 1. The van der Waals surface area contributed by atoms with E-state index in [1.54, 1.807) is 12.1 Å². The van der Waals surface area contributed by atoms with Crippen molar-refractivity contribution in [1.29, 1.82) is 0 Å². The first-order valence-electron chi connectivity index (χ1n) is 10.8. The Kier molecular flexibility index (Phi) is 5.06. The number of carbonyl (C=O) groups is 2. The van der Waals surface area contributed by atoms with Crippen LogP contribution < -0.4 is 15.1 Å². The topological polar surface area (TPSA) is 102 Å². The summed E-state index contributed by atoms with van der Waals surface area (Å²) >= 11 is 0. The molecule has 4 aliphatic rings. The van der Waals surface area contributed by atoms with Crippen molar-refractivity contribution in [3.8, 4) is 0 Å². The number of carbonyl (C=O) groups excluding carboxylic acids is 2. The second-order valence-electron chi connectivity index (χ2n) is 9.35. The zero-order chi connectivity index (χ0) is 21.8. The van der Waals surface area contributed by atoms with Crippen LogP contribution in [-0.2, 0) is 9.53 Å². The lowest BCUT2D eigenvalue weighted by Crippen LogP contribution is -2.52. The van der Waals surface area contributed by atoms with Gasteiger partial charge in [-0.15, -0.1) is 0 Å². The van der Waals surface area contributed by atoms with E-state index in [0.29, 0.717) is 36.0 Å². The molecule has 0 aromatic heterocycles. The SMILES string of the molecule is O=C(NCC1CN(c2ccc(N3CCC4(CC3)CS(O)(O)C4)c(F)c2)C(=O)O1)C1CC1. The number of piperidine rings is 1. The molecule has 3 saturated heterocycles. The van der Waals surface area contributed by atoms with Gasteiger partial charge in [-0.2, -0.15) is 10.6 Å². The van der Waals surface area contributed by atoms with Gasteiger partial charge in [0.1, 0.15) is 11.9 Å². The summed E-state index contributed by atoms with van der Waals surface area (Å²) in [7, 11) is -2.38. The molecule has 1 unspecified atom stereocenters. The van der Waals surface area contributed by atoms with Crippen LogP contribution in [0.4, 0.5) is 20.6 Å². The first-order valence-corrected chi connectivity index (χ1v) is 12.7. The maximum Gasteiger partial charge on any atom is 0.414 e. The second kappa shape index (κ2) is 7.53. The Bertz CT molecular complexity index is 891. The van der Waals surface area contributed by atoms with Gasteiger partial charge in [-0.3, -0.25) is 18.8 Å². The van der Waals surface area contributed by atoms with Crippen molar-refractivity contribution in [2.24, 2.45) is 11.3 Å². The number of amides is 2. The molecule has 1 saturated carbocycles. The standard InChI is InChI=1S/C21H28FN3O5S/c22-17-9-15(25-11-16(30-20(25)27)10-23-19(26)14-1-2-14)3-4-18(17)24-7-5-21(6-8-24)12-31(28,29)13-21/h3-4,9,14,16,28-29H,1-2,5-8,10-13H2,(H,23,26). The predicted molar refractivity (Wildman–Crippen MR) is 116 cm³/mol. The molecule has 8 nitrogen and oxygen atoms in total. The highest BCUT2D eigenvalue weighted by molar-refractivity contribution is 8.25. The second-order valence-corrected chi connectivity index (χ2v) is 11.5. The summed E-state index contributed by atoms with van der Waals surface area (Å²) in [5.41, 5.74) is 0.920. The molecule has 3 aliphatic heterocycles. The number of benzene rings is 1. The van der Waals surface area contributed by atoms with Crippen LogP contribution in [0.3, 0.4) is 0 Å². The number of halogens is 1. The Morgan fingerprint density at radius 2 is 1.97 bits per heavy atom. The molecule has 2 amide bonds. The maximum absolute atomic E-state index is 14.9. The molecule has 3 N–H and O–H groups in total. The minimum absolute atomic E-state index is 0.000168. The van der Waals surface area contributed by atoms with Gasteiger partial charge in [0.15, 0.2) is 0 Å². The van der Waals surface area contributed by atoms with Crippen molar-refractivity contribution >= 4 is 34.0 Å². The van der Waals surface area contributed by atoms with E-state index < -0.39 is 28.6 Å². The fourth-order valence-corrected chi connectivity index (χ4v) is 7.37. The molecule has 170 valence electrons. The van der Waals surface area contributed by atoms with Crippen molar-refractivity contribution in [2.75, 3.05) is 47.5 Å². The zero-order valence-corrected chi connectivity index (χ0v) is 18.1. The van der Waals surface area contributed by atoms with Crippen LogP contribution in [0.2, 0.25) is 0 Å². The molecular formula is C21H28FN3O5S. The highest BCUT2D eigenvalue weighted by Crippen LogP contribution is 2.62. The molecule has 1 spiro atoms. The molecule has 3 heterocycles. The van der Waals surface area contributed by atoms with Crippen LogP contribution in [0.15, 0.2) is 18.2 Å². The third-order valence-corrected chi connectivity index (χ3v) is 8.96. The molecule has 1 aromatic carbocycles. The van der Waals surface area contributed by atoms with E-state index in [1.807, 2.05) is 4.90 Å². The summed E-state index contributed by atoms with van der Waals surface area (Å²) in [6.45, 7) is 1.86. The van der Waals surface area contributed by atoms with E-state index in [2.05, 4.69) is 5.32 Å². The summed E-state index contributed by atoms with van der Waals surface area (Å²) < 4.78 is 39.7. The van der Waals surface area contributed by atoms with Crippen molar-refractivity contribution < 1.29 is 27.8 Å². The highest BCUT2D eigenvalue weighted by atomic mass is 32.3. The average molecular weight is 454 g/mol. The number of hydrogen-bond acceptors (Lipinski definition) is 6. The summed E-state index contributed by atoms with van der Waals surface area (Å²) in [6.07, 6.45) is 2.47. The van der Waals surface area contributed by atoms with Crippen molar-refractivity contribution in [1.82, 2.24) is 5.32 Å².